The number of hydrogen-bond acceptors (Lipinski definition) is 4. The summed E-state index contributed by atoms with van der Waals surface area (Å²) in [5, 5.41) is 7.11. The van der Waals surface area contributed by atoms with E-state index in [0.29, 0.717) is 17.9 Å². The van der Waals surface area contributed by atoms with Crippen molar-refractivity contribution in [2.45, 2.75) is 19.5 Å². The summed E-state index contributed by atoms with van der Waals surface area (Å²) >= 11 is 5.02. The predicted molar refractivity (Wildman–Crippen MR) is 94.0 cm³/mol. The van der Waals surface area contributed by atoms with E-state index in [4.69, 9.17) is 12.2 Å². The largest absolute Gasteiger partial charge is 0.335 e. The first-order valence-corrected chi connectivity index (χ1v) is 8.36. The van der Waals surface area contributed by atoms with E-state index >= 15 is 0 Å². The summed E-state index contributed by atoms with van der Waals surface area (Å²) in [4.78, 5) is 20.0. The minimum Gasteiger partial charge on any atom is -0.335 e. The van der Waals surface area contributed by atoms with E-state index in [-0.39, 0.29) is 11.4 Å². The first-order chi connectivity index (χ1) is 12.1. The van der Waals surface area contributed by atoms with Crippen LogP contribution in [0.2, 0.25) is 0 Å². The molecule has 0 fully saturated rings. The number of hydrogen-bond donors (Lipinski definition) is 3. The fraction of sp³-hybridized carbons (Fsp3) is 0.235. The molecule has 1 aliphatic rings. The molecule has 0 radical (unpaired) electrons. The normalized spacial score (nSPS) is 14.4. The van der Waals surface area contributed by atoms with Gasteiger partial charge in [0.1, 0.15) is 5.82 Å². The van der Waals surface area contributed by atoms with Gasteiger partial charge in [-0.05, 0) is 36.5 Å². The average molecular weight is 357 g/mol. The third-order valence-electron chi connectivity index (χ3n) is 4.43. The van der Waals surface area contributed by atoms with Crippen LogP contribution in [-0.4, -0.2) is 31.6 Å². The molecule has 3 N–H and O–H groups in total. The van der Waals surface area contributed by atoms with Gasteiger partial charge in [0.25, 0.3) is 5.56 Å². The van der Waals surface area contributed by atoms with Gasteiger partial charge in [-0.15, -0.1) is 0 Å². The second-order valence-electron chi connectivity index (χ2n) is 6.10. The maximum Gasteiger partial charge on any atom is 0.256 e. The molecule has 3 heterocycles. The van der Waals surface area contributed by atoms with Crippen LogP contribution in [0.15, 0.2) is 35.3 Å². The minimum atomic E-state index is -0.269. The van der Waals surface area contributed by atoms with E-state index in [1.807, 2.05) is 0 Å². The lowest BCUT2D eigenvalue weighted by molar-refractivity contribution is 0.242. The molecule has 4 rings (SSSR count). The topological polar surface area (TPSA) is 80.6 Å². The number of nitrogens with zero attached hydrogens (tertiary/aromatic N) is 2. The van der Waals surface area contributed by atoms with E-state index < -0.39 is 0 Å². The van der Waals surface area contributed by atoms with Crippen molar-refractivity contribution < 1.29 is 4.39 Å². The third kappa shape index (κ3) is 3.18. The zero-order valence-corrected chi connectivity index (χ0v) is 14.1. The highest BCUT2D eigenvalue weighted by Crippen LogP contribution is 2.24. The molecule has 0 aliphatic carbocycles. The number of aromatic nitrogens is 4. The Morgan fingerprint density at radius 2 is 2.04 bits per heavy atom. The van der Waals surface area contributed by atoms with Crippen molar-refractivity contribution in [1.82, 2.24) is 25.1 Å². The lowest BCUT2D eigenvalue weighted by atomic mass is 10.0. The van der Waals surface area contributed by atoms with E-state index in [1.165, 1.54) is 12.1 Å². The summed E-state index contributed by atoms with van der Waals surface area (Å²) in [6, 6.07) is 6.31. The van der Waals surface area contributed by atoms with Gasteiger partial charge in [-0.3, -0.25) is 19.8 Å². The fourth-order valence-corrected chi connectivity index (χ4v) is 3.40. The summed E-state index contributed by atoms with van der Waals surface area (Å²) < 4.78 is 13.5. The Bertz CT molecular complexity index is 1020. The van der Waals surface area contributed by atoms with Crippen LogP contribution in [-0.2, 0) is 19.5 Å². The summed E-state index contributed by atoms with van der Waals surface area (Å²) in [6.45, 7) is 2.01. The Kier molecular flexibility index (Phi) is 4.06. The van der Waals surface area contributed by atoms with Crippen molar-refractivity contribution in [3.63, 3.8) is 0 Å². The summed E-state index contributed by atoms with van der Waals surface area (Å²) in [5.41, 5.74) is 4.27. The molecular weight excluding hydrogens is 341 g/mol. The lowest BCUT2D eigenvalue weighted by Gasteiger charge is -2.27. The Morgan fingerprint density at radius 3 is 2.84 bits per heavy atom. The van der Waals surface area contributed by atoms with Crippen molar-refractivity contribution >= 4 is 12.2 Å². The average Bonchev–Trinajstić information content (AvgIpc) is 3.04. The first-order valence-electron chi connectivity index (χ1n) is 7.95. The second-order valence-corrected chi connectivity index (χ2v) is 6.51. The summed E-state index contributed by atoms with van der Waals surface area (Å²) in [7, 11) is 0. The van der Waals surface area contributed by atoms with Crippen LogP contribution in [0.4, 0.5) is 4.39 Å². The van der Waals surface area contributed by atoms with Crippen LogP contribution in [0.25, 0.3) is 11.3 Å². The molecule has 0 atom stereocenters. The maximum absolute atomic E-state index is 13.1. The molecular formula is C17H16FN5OS. The van der Waals surface area contributed by atoms with Crippen molar-refractivity contribution in [3.8, 4) is 11.3 Å². The van der Waals surface area contributed by atoms with Gasteiger partial charge in [0.05, 0.1) is 17.5 Å². The zero-order chi connectivity index (χ0) is 17.4. The van der Waals surface area contributed by atoms with Crippen LogP contribution >= 0.6 is 12.2 Å². The standard InChI is InChI=1S/C17H16FN5OS/c18-12-3-1-10(2-4-12)15-11(7-19-22-15)8-23-6-5-14-13(9-23)16(24)21-17(25)20-14/h1-4,7H,5-6,8-9H2,(H,19,22)(H2,20,21,24,25). The van der Waals surface area contributed by atoms with Crippen LogP contribution in [0.3, 0.4) is 0 Å². The Balaban J connectivity index is 1.58. The van der Waals surface area contributed by atoms with Crippen molar-refractivity contribution in [2.24, 2.45) is 0 Å². The van der Waals surface area contributed by atoms with Crippen molar-refractivity contribution in [2.75, 3.05) is 6.54 Å². The van der Waals surface area contributed by atoms with Crippen molar-refractivity contribution in [3.05, 3.63) is 68.2 Å². The zero-order valence-electron chi connectivity index (χ0n) is 13.3. The highest BCUT2D eigenvalue weighted by atomic mass is 32.1. The molecule has 0 amide bonds. The molecule has 6 nitrogen and oxygen atoms in total. The molecule has 128 valence electrons. The van der Waals surface area contributed by atoms with Gasteiger partial charge in [-0.2, -0.15) is 5.10 Å². The van der Waals surface area contributed by atoms with Crippen LogP contribution in [0.1, 0.15) is 16.8 Å². The molecule has 0 bridgehead atoms. The highest BCUT2D eigenvalue weighted by molar-refractivity contribution is 7.71. The number of rotatable bonds is 3. The quantitative estimate of drug-likeness (QED) is 0.629. The summed E-state index contributed by atoms with van der Waals surface area (Å²) in [5.74, 6) is -0.269. The van der Waals surface area contributed by atoms with Gasteiger partial charge < -0.3 is 4.98 Å². The molecule has 1 aliphatic heterocycles. The lowest BCUT2D eigenvalue weighted by Crippen LogP contribution is -2.35. The van der Waals surface area contributed by atoms with Crippen LogP contribution < -0.4 is 5.56 Å². The van der Waals surface area contributed by atoms with E-state index in [1.54, 1.807) is 18.3 Å². The Labute approximate surface area is 147 Å². The van der Waals surface area contributed by atoms with E-state index in [0.717, 1.165) is 41.0 Å². The molecule has 0 unspecified atom stereocenters. The third-order valence-corrected chi connectivity index (χ3v) is 4.64. The van der Waals surface area contributed by atoms with E-state index in [2.05, 4.69) is 25.1 Å². The highest BCUT2D eigenvalue weighted by Gasteiger charge is 2.21. The molecule has 1 aromatic carbocycles. The molecule has 8 heteroatoms. The van der Waals surface area contributed by atoms with Gasteiger partial charge in [-0.25, -0.2) is 4.39 Å². The number of fused-ring (bicyclic) bond motifs is 1. The molecule has 3 aromatic rings. The first kappa shape index (κ1) is 15.9. The van der Waals surface area contributed by atoms with E-state index in [9.17, 15) is 9.18 Å². The van der Waals surface area contributed by atoms with Crippen LogP contribution in [0, 0.1) is 10.6 Å². The number of H-pyrrole nitrogens is 3. The Hall–Kier alpha value is -2.58. The second kappa shape index (κ2) is 6.38. The molecule has 0 saturated heterocycles. The van der Waals surface area contributed by atoms with Crippen LogP contribution in [0.5, 0.6) is 0 Å². The molecule has 2 aromatic heterocycles. The maximum atomic E-state index is 13.1. The molecule has 0 saturated carbocycles. The Morgan fingerprint density at radius 1 is 1.24 bits per heavy atom. The number of nitrogens with one attached hydrogen (secondary N) is 3. The number of benzene rings is 1. The number of aromatic amines is 3. The van der Waals surface area contributed by atoms with Gasteiger partial charge in [0.2, 0.25) is 0 Å². The van der Waals surface area contributed by atoms with Gasteiger partial charge in [0, 0.05) is 42.9 Å². The number of halogens is 1. The van der Waals surface area contributed by atoms with Crippen molar-refractivity contribution in [1.29, 1.82) is 0 Å². The van der Waals surface area contributed by atoms with Gasteiger partial charge in [-0.1, -0.05) is 0 Å². The predicted octanol–water partition coefficient (Wildman–Crippen LogP) is 2.52. The molecule has 25 heavy (non-hydrogen) atoms. The van der Waals surface area contributed by atoms with Gasteiger partial charge >= 0.3 is 0 Å². The van der Waals surface area contributed by atoms with Gasteiger partial charge in [0.15, 0.2) is 4.77 Å². The fourth-order valence-electron chi connectivity index (χ4n) is 3.19. The summed E-state index contributed by atoms with van der Waals surface area (Å²) in [6.07, 6.45) is 2.52. The monoisotopic (exact) mass is 357 g/mol. The smallest absolute Gasteiger partial charge is 0.256 e. The minimum absolute atomic E-state index is 0.130. The SMILES string of the molecule is O=c1[nH]c(=S)[nH]c2c1CN(Cc1cn[nH]c1-c1ccc(F)cc1)CC2. The molecule has 0 spiro atoms.